The lowest BCUT2D eigenvalue weighted by Gasteiger charge is -2.28. The predicted molar refractivity (Wildman–Crippen MR) is 112 cm³/mol. The van der Waals surface area contributed by atoms with Gasteiger partial charge >= 0.3 is 12.1 Å². The molecule has 1 aromatic carbocycles. The van der Waals surface area contributed by atoms with Crippen LogP contribution in [0.4, 0.5) is 17.6 Å². The number of halogens is 4. The number of carboxylic acid groups (broad SMARTS) is 1. The Bertz CT molecular complexity index is 945. The fourth-order valence-corrected chi connectivity index (χ4v) is 5.32. The molecule has 3 atom stereocenters. The zero-order chi connectivity index (χ0) is 24.0. The van der Waals surface area contributed by atoms with E-state index in [0.717, 1.165) is 50.4 Å². The number of rotatable bonds is 4. The molecule has 0 aromatic heterocycles. The highest BCUT2D eigenvalue weighted by Crippen LogP contribution is 2.50. The number of nitrogens with zero attached hydrogens (tertiary/aromatic N) is 3. The third-order valence-electron chi connectivity index (χ3n) is 7.09. The van der Waals surface area contributed by atoms with Crippen LogP contribution in [-0.4, -0.2) is 64.0 Å². The van der Waals surface area contributed by atoms with E-state index in [1.165, 1.54) is 25.0 Å². The first-order valence-corrected chi connectivity index (χ1v) is 11.1. The Balaban J connectivity index is 0.000000325. The van der Waals surface area contributed by atoms with Crippen molar-refractivity contribution in [3.63, 3.8) is 0 Å². The maximum Gasteiger partial charge on any atom is 0.490 e. The number of benzene rings is 1. The summed E-state index contributed by atoms with van der Waals surface area (Å²) < 4.78 is 44.9. The lowest BCUT2D eigenvalue weighted by atomic mass is 9.85. The number of amides is 1. The summed E-state index contributed by atoms with van der Waals surface area (Å²) in [5.41, 5.74) is 0.634. The Labute approximate surface area is 189 Å². The van der Waals surface area contributed by atoms with Gasteiger partial charge in [-0.25, -0.2) is 9.18 Å². The monoisotopic (exact) mass is 469 g/mol. The van der Waals surface area contributed by atoms with Crippen LogP contribution in [0.25, 0.3) is 0 Å². The first-order chi connectivity index (χ1) is 15.5. The molecule has 4 aliphatic rings. The molecule has 5 rings (SSSR count). The van der Waals surface area contributed by atoms with Crippen LogP contribution < -0.4 is 0 Å². The smallest absolute Gasteiger partial charge is 0.475 e. The summed E-state index contributed by atoms with van der Waals surface area (Å²) in [5, 5.41) is 7.12. The van der Waals surface area contributed by atoms with Crippen molar-refractivity contribution in [2.45, 2.75) is 50.9 Å². The quantitative estimate of drug-likeness (QED) is 0.683. The molecule has 6 nitrogen and oxygen atoms in total. The van der Waals surface area contributed by atoms with Crippen molar-refractivity contribution >= 4 is 17.7 Å². The molecule has 33 heavy (non-hydrogen) atoms. The zero-order valence-electron chi connectivity index (χ0n) is 18.3. The number of carbonyl (C=O) groups excluding carboxylic acids is 1. The number of fused-ring (bicyclic) bond motifs is 2. The van der Waals surface area contributed by atoms with Crippen molar-refractivity contribution in [3.8, 4) is 0 Å². The third-order valence-corrected chi connectivity index (χ3v) is 7.09. The molecular formula is C23H27F4N3O3. The number of alkyl halides is 3. The predicted octanol–water partition coefficient (Wildman–Crippen LogP) is 3.71. The van der Waals surface area contributed by atoms with Crippen LogP contribution in [0.15, 0.2) is 29.3 Å². The number of likely N-dealkylation sites (tertiary alicyclic amines) is 1. The van der Waals surface area contributed by atoms with E-state index in [9.17, 15) is 22.4 Å². The van der Waals surface area contributed by atoms with Gasteiger partial charge < -0.3 is 5.11 Å². The number of carboxylic acids is 1. The molecule has 3 fully saturated rings. The van der Waals surface area contributed by atoms with Crippen LogP contribution >= 0.6 is 0 Å². The molecule has 2 heterocycles. The molecule has 0 unspecified atom stereocenters. The minimum absolute atomic E-state index is 0.192. The Morgan fingerprint density at radius 1 is 1.18 bits per heavy atom. The van der Waals surface area contributed by atoms with E-state index in [4.69, 9.17) is 14.9 Å². The van der Waals surface area contributed by atoms with E-state index in [0.29, 0.717) is 17.8 Å². The van der Waals surface area contributed by atoms with Crippen LogP contribution in [0.2, 0.25) is 0 Å². The van der Waals surface area contributed by atoms with Crippen LogP contribution in [0.3, 0.4) is 0 Å². The lowest BCUT2D eigenvalue weighted by molar-refractivity contribution is -0.192. The average Bonchev–Trinajstić information content (AvgIpc) is 3.31. The van der Waals surface area contributed by atoms with Gasteiger partial charge in [0.25, 0.3) is 5.91 Å². The van der Waals surface area contributed by atoms with E-state index in [-0.39, 0.29) is 11.7 Å². The summed E-state index contributed by atoms with van der Waals surface area (Å²) >= 11 is 0. The third kappa shape index (κ3) is 4.90. The van der Waals surface area contributed by atoms with Crippen molar-refractivity contribution < 1.29 is 32.3 Å². The highest BCUT2D eigenvalue weighted by atomic mass is 19.4. The van der Waals surface area contributed by atoms with Crippen LogP contribution in [0.1, 0.15) is 38.2 Å². The van der Waals surface area contributed by atoms with Gasteiger partial charge in [0.05, 0.1) is 0 Å². The average molecular weight is 469 g/mol. The maximum atomic E-state index is 13.3. The molecule has 2 saturated carbocycles. The summed E-state index contributed by atoms with van der Waals surface area (Å²) in [7, 11) is 0. The van der Waals surface area contributed by atoms with Crippen molar-refractivity contribution in [2.24, 2.45) is 22.7 Å². The summed E-state index contributed by atoms with van der Waals surface area (Å²) in [6.45, 7) is 5.64. The summed E-state index contributed by atoms with van der Waals surface area (Å²) in [6.07, 6.45) is -0.586. The zero-order valence-corrected chi connectivity index (χ0v) is 18.3. The maximum absolute atomic E-state index is 13.3. The van der Waals surface area contributed by atoms with Crippen LogP contribution in [0.5, 0.6) is 0 Å². The summed E-state index contributed by atoms with van der Waals surface area (Å²) in [5.74, 6) is -0.186. The fraction of sp³-hybridized carbons (Fsp3) is 0.609. The number of hydrogen-bond acceptors (Lipinski definition) is 4. The molecular weight excluding hydrogens is 442 g/mol. The van der Waals surface area contributed by atoms with E-state index in [1.54, 1.807) is 0 Å². The molecule has 10 heteroatoms. The van der Waals surface area contributed by atoms with Gasteiger partial charge in [0.1, 0.15) is 17.2 Å². The van der Waals surface area contributed by atoms with Crippen molar-refractivity contribution in [1.82, 2.24) is 9.80 Å². The Hall–Kier alpha value is -2.49. The number of aliphatic carboxylic acids is 1. The molecule has 2 aliphatic heterocycles. The molecule has 0 bridgehead atoms. The largest absolute Gasteiger partial charge is 0.490 e. The summed E-state index contributed by atoms with van der Waals surface area (Å²) in [6, 6.07) is 6.77. The number of amidine groups is 1. The minimum Gasteiger partial charge on any atom is -0.475 e. The second-order valence-corrected chi connectivity index (χ2v) is 9.47. The standard InChI is InChI=1S/C21H26FN3O.C2HF3O2/c1-14-23-21(20(26)25(14)11-16-2-3-16)9-8-17-12-24(13-19(17)21)10-15-4-6-18(22)7-5-15;3-2(4,5)1(6)7/h4-7,16-17,19H,2-3,8-13H2,1H3;(H,6,7)/t17-,19+,21-;/m1./s1. The van der Waals surface area contributed by atoms with Gasteiger partial charge in [0.15, 0.2) is 0 Å². The number of carbonyl (C=O) groups is 2. The summed E-state index contributed by atoms with van der Waals surface area (Å²) in [4.78, 5) is 31.6. The Morgan fingerprint density at radius 2 is 1.82 bits per heavy atom. The first kappa shape index (κ1) is 23.7. The second-order valence-electron chi connectivity index (χ2n) is 9.47. The molecule has 0 radical (unpaired) electrons. The second kappa shape index (κ2) is 8.70. The highest BCUT2D eigenvalue weighted by molar-refractivity contribution is 6.07. The fourth-order valence-electron chi connectivity index (χ4n) is 5.32. The van der Waals surface area contributed by atoms with Gasteiger partial charge in [-0.1, -0.05) is 12.1 Å². The SMILES string of the molecule is CC1=N[C@@]2(CC[C@@H]3CN(Cc4ccc(F)cc4)C[C@@H]32)C(=O)N1CC1CC1.O=C(O)C(F)(F)F. The minimum atomic E-state index is -5.08. The molecule has 2 aliphatic carbocycles. The van der Waals surface area contributed by atoms with Gasteiger partial charge in [0, 0.05) is 32.1 Å². The van der Waals surface area contributed by atoms with Crippen molar-refractivity contribution in [2.75, 3.05) is 19.6 Å². The lowest BCUT2D eigenvalue weighted by Crippen LogP contribution is -2.47. The van der Waals surface area contributed by atoms with Gasteiger partial charge in [-0.15, -0.1) is 0 Å². The van der Waals surface area contributed by atoms with Crippen LogP contribution in [-0.2, 0) is 16.1 Å². The van der Waals surface area contributed by atoms with E-state index >= 15 is 0 Å². The molecule has 1 spiro atoms. The van der Waals surface area contributed by atoms with E-state index in [2.05, 4.69) is 4.90 Å². The van der Waals surface area contributed by atoms with Crippen LogP contribution in [0, 0.1) is 23.6 Å². The van der Waals surface area contributed by atoms with Gasteiger partial charge in [0.2, 0.25) is 0 Å². The molecule has 1 N–H and O–H groups in total. The van der Waals surface area contributed by atoms with Gasteiger partial charge in [-0.2, -0.15) is 13.2 Å². The number of hydrogen-bond donors (Lipinski definition) is 1. The highest BCUT2D eigenvalue weighted by Gasteiger charge is 2.60. The first-order valence-electron chi connectivity index (χ1n) is 11.1. The Kier molecular flexibility index (Phi) is 6.24. The molecule has 180 valence electrons. The molecule has 1 saturated heterocycles. The molecule has 1 amide bonds. The topological polar surface area (TPSA) is 73.2 Å². The normalized spacial score (nSPS) is 29.2. The van der Waals surface area contributed by atoms with Crippen molar-refractivity contribution in [3.05, 3.63) is 35.6 Å². The van der Waals surface area contributed by atoms with E-state index in [1.807, 2.05) is 24.0 Å². The van der Waals surface area contributed by atoms with Gasteiger partial charge in [-0.05, 0) is 62.1 Å². The van der Waals surface area contributed by atoms with E-state index < -0.39 is 17.7 Å². The number of aliphatic imine (C=N–C) groups is 1. The molecule has 1 aromatic rings. The van der Waals surface area contributed by atoms with Gasteiger partial charge in [-0.3, -0.25) is 19.6 Å². The van der Waals surface area contributed by atoms with Crippen molar-refractivity contribution in [1.29, 1.82) is 0 Å². The Morgan fingerprint density at radius 3 is 2.39 bits per heavy atom.